The van der Waals surface area contributed by atoms with Gasteiger partial charge in [-0.1, -0.05) is 42.5 Å². The molecule has 0 spiro atoms. The fourth-order valence-corrected chi connectivity index (χ4v) is 3.56. The predicted molar refractivity (Wildman–Crippen MR) is 137 cm³/mol. The van der Waals surface area contributed by atoms with Crippen LogP contribution >= 0.6 is 0 Å². The lowest BCUT2D eigenvalue weighted by Gasteiger charge is -2.13. The van der Waals surface area contributed by atoms with Crippen LogP contribution in [0.4, 0.5) is 10.1 Å². The maximum atomic E-state index is 13.0. The predicted octanol–water partition coefficient (Wildman–Crippen LogP) is 5.05. The highest BCUT2D eigenvalue weighted by Gasteiger charge is 2.14. The molecule has 0 aliphatic rings. The van der Waals surface area contributed by atoms with Crippen molar-refractivity contribution in [1.82, 2.24) is 5.43 Å². The van der Waals surface area contributed by atoms with E-state index < -0.39 is 17.6 Å². The number of amides is 2. The number of hydrazone groups is 1. The van der Waals surface area contributed by atoms with Crippen molar-refractivity contribution in [2.45, 2.75) is 13.5 Å². The Labute approximate surface area is 207 Å². The minimum absolute atomic E-state index is 0.293. The summed E-state index contributed by atoms with van der Waals surface area (Å²) in [5.74, 6) is -1.26. The van der Waals surface area contributed by atoms with Crippen molar-refractivity contribution in [2.75, 3.05) is 12.4 Å². The molecule has 2 N–H and O–H groups in total. The third-order valence-corrected chi connectivity index (χ3v) is 5.48. The van der Waals surface area contributed by atoms with Gasteiger partial charge < -0.3 is 14.8 Å². The number of hydrogen-bond acceptors (Lipinski definition) is 5. The Morgan fingerprint density at radius 1 is 0.889 bits per heavy atom. The summed E-state index contributed by atoms with van der Waals surface area (Å²) in [6.07, 6.45) is 0. The first-order chi connectivity index (χ1) is 17.4. The van der Waals surface area contributed by atoms with E-state index in [9.17, 15) is 14.0 Å². The van der Waals surface area contributed by atoms with Crippen LogP contribution in [0.2, 0.25) is 0 Å². The van der Waals surface area contributed by atoms with E-state index >= 15 is 0 Å². The Balaban J connectivity index is 1.41. The lowest BCUT2D eigenvalue weighted by atomic mass is 10.1. The average Bonchev–Trinajstić information content (AvgIpc) is 2.91. The van der Waals surface area contributed by atoms with Gasteiger partial charge >= 0.3 is 11.8 Å². The van der Waals surface area contributed by atoms with Crippen LogP contribution in [0.5, 0.6) is 11.5 Å². The smallest absolute Gasteiger partial charge is 0.329 e. The van der Waals surface area contributed by atoms with E-state index in [-0.39, 0.29) is 0 Å². The topological polar surface area (TPSA) is 89.0 Å². The van der Waals surface area contributed by atoms with E-state index in [0.29, 0.717) is 35.1 Å². The molecule has 0 heterocycles. The van der Waals surface area contributed by atoms with Crippen LogP contribution in [0.25, 0.3) is 10.8 Å². The Hall–Kier alpha value is -4.72. The summed E-state index contributed by atoms with van der Waals surface area (Å²) in [6.45, 7) is 2.05. The van der Waals surface area contributed by atoms with Crippen LogP contribution in [0.3, 0.4) is 0 Å². The molecule has 7 nitrogen and oxygen atoms in total. The number of anilines is 1. The molecule has 0 saturated carbocycles. The molecule has 36 heavy (non-hydrogen) atoms. The molecule has 0 radical (unpaired) electrons. The first-order valence-corrected chi connectivity index (χ1v) is 11.1. The minimum atomic E-state index is -0.958. The van der Waals surface area contributed by atoms with Gasteiger partial charge in [0.05, 0.1) is 12.8 Å². The monoisotopic (exact) mass is 485 g/mol. The SMILES string of the molecule is COc1cc(/C(C)=N/NC(=O)C(=O)Nc2ccc(F)cc2)ccc1OCc1cccc2ccccc12. The number of carbonyl (C=O) groups is 2. The second-order valence-electron chi connectivity index (χ2n) is 7.89. The molecule has 0 aliphatic carbocycles. The summed E-state index contributed by atoms with van der Waals surface area (Å²) >= 11 is 0. The van der Waals surface area contributed by atoms with Gasteiger partial charge in [-0.3, -0.25) is 9.59 Å². The van der Waals surface area contributed by atoms with Gasteiger partial charge in [-0.2, -0.15) is 5.10 Å². The normalized spacial score (nSPS) is 11.1. The fraction of sp³-hybridized carbons (Fsp3) is 0.107. The van der Waals surface area contributed by atoms with Crippen molar-refractivity contribution in [2.24, 2.45) is 5.10 Å². The zero-order valence-electron chi connectivity index (χ0n) is 19.7. The highest BCUT2D eigenvalue weighted by atomic mass is 19.1. The summed E-state index contributed by atoms with van der Waals surface area (Å²) < 4.78 is 24.5. The highest BCUT2D eigenvalue weighted by Crippen LogP contribution is 2.30. The van der Waals surface area contributed by atoms with Crippen molar-refractivity contribution in [3.05, 3.63) is 102 Å². The number of rotatable bonds is 7. The van der Waals surface area contributed by atoms with Crippen LogP contribution < -0.4 is 20.2 Å². The first kappa shape index (κ1) is 24.4. The van der Waals surface area contributed by atoms with Crippen LogP contribution in [-0.2, 0) is 16.2 Å². The van der Waals surface area contributed by atoms with E-state index in [1.165, 1.54) is 31.4 Å². The lowest BCUT2D eigenvalue weighted by Crippen LogP contribution is -2.32. The van der Waals surface area contributed by atoms with E-state index in [0.717, 1.165) is 16.3 Å². The van der Waals surface area contributed by atoms with Crippen molar-refractivity contribution < 1.29 is 23.5 Å². The van der Waals surface area contributed by atoms with Gasteiger partial charge in [0.1, 0.15) is 12.4 Å². The molecular weight excluding hydrogens is 461 g/mol. The number of hydrogen-bond donors (Lipinski definition) is 2. The maximum absolute atomic E-state index is 13.0. The molecule has 0 fully saturated rings. The van der Waals surface area contributed by atoms with E-state index in [4.69, 9.17) is 9.47 Å². The third kappa shape index (κ3) is 5.85. The molecule has 0 aromatic heterocycles. The van der Waals surface area contributed by atoms with Crippen LogP contribution in [0.1, 0.15) is 18.1 Å². The number of carbonyl (C=O) groups excluding carboxylic acids is 2. The zero-order chi connectivity index (χ0) is 25.5. The number of fused-ring (bicyclic) bond motifs is 1. The third-order valence-electron chi connectivity index (χ3n) is 5.48. The fourth-order valence-electron chi connectivity index (χ4n) is 3.56. The zero-order valence-corrected chi connectivity index (χ0v) is 19.7. The second kappa shape index (κ2) is 11.1. The largest absolute Gasteiger partial charge is 0.493 e. The van der Waals surface area contributed by atoms with E-state index in [1.807, 2.05) is 24.3 Å². The molecule has 2 amide bonds. The maximum Gasteiger partial charge on any atom is 0.329 e. The number of nitrogens with one attached hydrogen (secondary N) is 2. The average molecular weight is 486 g/mol. The van der Waals surface area contributed by atoms with E-state index in [1.54, 1.807) is 25.1 Å². The standard InChI is InChI=1S/C28H24FN3O4/c1-18(31-32-28(34)27(33)30-23-13-11-22(29)12-14-23)20-10-15-25(26(16-20)35-2)36-17-21-8-5-7-19-6-3-4-9-24(19)21/h3-16H,17H2,1-2H3,(H,30,33)(H,32,34)/b31-18+. The molecule has 0 aliphatic heterocycles. The van der Waals surface area contributed by atoms with Gasteiger partial charge in [0.15, 0.2) is 11.5 Å². The van der Waals surface area contributed by atoms with Crippen LogP contribution in [0.15, 0.2) is 90.0 Å². The first-order valence-electron chi connectivity index (χ1n) is 11.1. The summed E-state index contributed by atoms with van der Waals surface area (Å²) in [4.78, 5) is 24.1. The molecule has 0 bridgehead atoms. The molecule has 4 aromatic carbocycles. The molecule has 0 saturated heterocycles. The Kier molecular flexibility index (Phi) is 7.55. The van der Waals surface area contributed by atoms with Crippen LogP contribution in [0, 0.1) is 5.82 Å². The minimum Gasteiger partial charge on any atom is -0.493 e. The quantitative estimate of drug-likeness (QED) is 0.218. The Morgan fingerprint density at radius 2 is 1.64 bits per heavy atom. The highest BCUT2D eigenvalue weighted by molar-refractivity contribution is 6.39. The number of nitrogens with zero attached hydrogens (tertiary/aromatic N) is 1. The molecular formula is C28H24FN3O4. The number of halogens is 1. The van der Waals surface area contributed by atoms with Crippen molar-refractivity contribution >= 4 is 34.0 Å². The molecule has 0 atom stereocenters. The molecule has 4 aromatic rings. The summed E-state index contributed by atoms with van der Waals surface area (Å²) in [6, 6.07) is 24.5. The lowest BCUT2D eigenvalue weighted by molar-refractivity contribution is -0.136. The molecule has 8 heteroatoms. The number of ether oxygens (including phenoxy) is 2. The van der Waals surface area contributed by atoms with Crippen molar-refractivity contribution in [1.29, 1.82) is 0 Å². The van der Waals surface area contributed by atoms with Crippen molar-refractivity contribution in [3.8, 4) is 11.5 Å². The summed E-state index contributed by atoms with van der Waals surface area (Å²) in [7, 11) is 1.54. The number of benzene rings is 4. The summed E-state index contributed by atoms with van der Waals surface area (Å²) in [5.41, 5.74) is 4.69. The second-order valence-corrected chi connectivity index (χ2v) is 7.89. The Bertz CT molecular complexity index is 1430. The van der Waals surface area contributed by atoms with Gasteiger partial charge in [0.25, 0.3) is 0 Å². The van der Waals surface area contributed by atoms with Gasteiger partial charge in [0, 0.05) is 11.3 Å². The van der Waals surface area contributed by atoms with Gasteiger partial charge in [-0.05, 0) is 65.7 Å². The van der Waals surface area contributed by atoms with Gasteiger partial charge in [-0.25, -0.2) is 9.82 Å². The molecule has 0 unspecified atom stereocenters. The van der Waals surface area contributed by atoms with Gasteiger partial charge in [0.2, 0.25) is 0 Å². The van der Waals surface area contributed by atoms with Gasteiger partial charge in [-0.15, -0.1) is 0 Å². The van der Waals surface area contributed by atoms with E-state index in [2.05, 4.69) is 34.0 Å². The summed E-state index contributed by atoms with van der Waals surface area (Å²) in [5, 5.41) is 8.64. The van der Waals surface area contributed by atoms with Crippen LogP contribution in [-0.4, -0.2) is 24.6 Å². The van der Waals surface area contributed by atoms with Crippen molar-refractivity contribution in [3.63, 3.8) is 0 Å². The molecule has 182 valence electrons. The molecule has 4 rings (SSSR count). The Morgan fingerprint density at radius 3 is 2.42 bits per heavy atom. The number of methoxy groups -OCH3 is 1.